The van der Waals surface area contributed by atoms with Crippen LogP contribution in [0, 0.1) is 0 Å². The van der Waals surface area contributed by atoms with Gasteiger partial charge in [-0.25, -0.2) is 4.79 Å². The van der Waals surface area contributed by atoms with Gasteiger partial charge in [-0.3, -0.25) is 4.79 Å². The van der Waals surface area contributed by atoms with Gasteiger partial charge >= 0.3 is 5.97 Å². The van der Waals surface area contributed by atoms with Gasteiger partial charge < -0.3 is 20.1 Å². The van der Waals surface area contributed by atoms with Gasteiger partial charge in [0.1, 0.15) is 12.4 Å². The maximum Gasteiger partial charge on any atom is 0.337 e. The van der Waals surface area contributed by atoms with Gasteiger partial charge in [0.15, 0.2) is 0 Å². The van der Waals surface area contributed by atoms with Crippen molar-refractivity contribution < 1.29 is 19.4 Å². The Kier molecular flexibility index (Phi) is 6.13. The van der Waals surface area contributed by atoms with Crippen LogP contribution in [-0.4, -0.2) is 48.1 Å². The lowest BCUT2D eigenvalue weighted by molar-refractivity contribution is 0.0698. The number of likely N-dealkylation sites (N-methyl/N-ethyl adjacent to an activating group) is 1. The molecular formula is C20H21BrN2O4. The van der Waals surface area contributed by atoms with E-state index in [9.17, 15) is 14.7 Å². The summed E-state index contributed by atoms with van der Waals surface area (Å²) in [6, 6.07) is 12.0. The summed E-state index contributed by atoms with van der Waals surface area (Å²) in [5, 5.41) is 11.9. The number of aromatic carboxylic acids is 1. The maximum atomic E-state index is 12.4. The van der Waals surface area contributed by atoms with Gasteiger partial charge in [-0.15, -0.1) is 0 Å². The molecule has 1 heterocycles. The number of likely N-dealkylation sites (tertiary alicyclic amines) is 1. The van der Waals surface area contributed by atoms with Gasteiger partial charge in [-0.1, -0.05) is 15.9 Å². The SMILES string of the molecule is CN1CCCC1COc1ccc(C(=O)Nc2ccc(Br)cc2C(=O)O)cc1. The molecule has 6 nitrogen and oxygen atoms in total. The van der Waals surface area contributed by atoms with E-state index in [4.69, 9.17) is 4.74 Å². The van der Waals surface area contributed by atoms with E-state index in [1.165, 1.54) is 12.5 Å². The average molecular weight is 433 g/mol. The summed E-state index contributed by atoms with van der Waals surface area (Å²) in [5.74, 6) is -0.768. The van der Waals surface area contributed by atoms with E-state index >= 15 is 0 Å². The smallest absolute Gasteiger partial charge is 0.337 e. The number of ether oxygens (including phenoxy) is 1. The van der Waals surface area contributed by atoms with E-state index in [0.717, 1.165) is 13.0 Å². The van der Waals surface area contributed by atoms with Gasteiger partial charge in [0.25, 0.3) is 5.91 Å². The number of carbonyl (C=O) groups excluding carboxylic acids is 1. The Morgan fingerprint density at radius 2 is 2.00 bits per heavy atom. The van der Waals surface area contributed by atoms with Gasteiger partial charge in [0, 0.05) is 16.1 Å². The lowest BCUT2D eigenvalue weighted by Gasteiger charge is -2.19. The minimum atomic E-state index is -1.10. The van der Waals surface area contributed by atoms with Crippen LogP contribution in [0.5, 0.6) is 5.75 Å². The Morgan fingerprint density at radius 1 is 1.26 bits per heavy atom. The predicted octanol–water partition coefficient (Wildman–Crippen LogP) is 3.87. The van der Waals surface area contributed by atoms with E-state index < -0.39 is 5.97 Å². The van der Waals surface area contributed by atoms with Crippen molar-refractivity contribution in [2.45, 2.75) is 18.9 Å². The molecular weight excluding hydrogens is 412 g/mol. The first-order valence-electron chi connectivity index (χ1n) is 8.71. The predicted molar refractivity (Wildman–Crippen MR) is 107 cm³/mol. The fraction of sp³-hybridized carbons (Fsp3) is 0.300. The highest BCUT2D eigenvalue weighted by Gasteiger charge is 2.21. The number of carbonyl (C=O) groups is 2. The van der Waals surface area contributed by atoms with E-state index in [-0.39, 0.29) is 17.2 Å². The molecule has 2 N–H and O–H groups in total. The number of anilines is 1. The molecule has 1 aliphatic heterocycles. The summed E-state index contributed by atoms with van der Waals surface area (Å²) >= 11 is 3.23. The number of halogens is 1. The Balaban J connectivity index is 1.63. The molecule has 142 valence electrons. The minimum Gasteiger partial charge on any atom is -0.492 e. The third kappa shape index (κ3) is 4.87. The van der Waals surface area contributed by atoms with Crippen molar-refractivity contribution in [2.75, 3.05) is 25.5 Å². The number of nitrogens with zero attached hydrogens (tertiary/aromatic N) is 1. The molecule has 27 heavy (non-hydrogen) atoms. The second kappa shape index (κ2) is 8.54. The molecule has 2 aromatic rings. The molecule has 1 saturated heterocycles. The monoisotopic (exact) mass is 432 g/mol. The number of hydrogen-bond acceptors (Lipinski definition) is 4. The quantitative estimate of drug-likeness (QED) is 0.723. The van der Waals surface area contributed by atoms with Crippen LogP contribution in [0.4, 0.5) is 5.69 Å². The molecule has 1 unspecified atom stereocenters. The first-order valence-corrected chi connectivity index (χ1v) is 9.50. The lowest BCUT2D eigenvalue weighted by Crippen LogP contribution is -2.30. The van der Waals surface area contributed by atoms with Crippen LogP contribution in [0.1, 0.15) is 33.6 Å². The molecule has 0 spiro atoms. The van der Waals surface area contributed by atoms with Crippen LogP contribution in [0.2, 0.25) is 0 Å². The third-order valence-electron chi connectivity index (χ3n) is 4.69. The van der Waals surface area contributed by atoms with Crippen LogP contribution in [0.25, 0.3) is 0 Å². The molecule has 1 amide bonds. The van der Waals surface area contributed by atoms with E-state index in [0.29, 0.717) is 28.4 Å². The van der Waals surface area contributed by atoms with Gasteiger partial charge in [0.05, 0.1) is 11.3 Å². The van der Waals surface area contributed by atoms with E-state index in [1.807, 2.05) is 0 Å². The van der Waals surface area contributed by atoms with Crippen molar-refractivity contribution in [2.24, 2.45) is 0 Å². The summed E-state index contributed by atoms with van der Waals surface area (Å²) in [6.07, 6.45) is 2.33. The molecule has 1 aliphatic rings. The Bertz CT molecular complexity index is 838. The zero-order chi connectivity index (χ0) is 19.4. The third-order valence-corrected chi connectivity index (χ3v) is 5.18. The average Bonchev–Trinajstić information content (AvgIpc) is 3.06. The van der Waals surface area contributed by atoms with Crippen molar-refractivity contribution in [3.63, 3.8) is 0 Å². The zero-order valence-corrected chi connectivity index (χ0v) is 16.5. The molecule has 2 aromatic carbocycles. The number of hydrogen-bond donors (Lipinski definition) is 2. The molecule has 0 aliphatic carbocycles. The van der Waals surface area contributed by atoms with Gasteiger partial charge in [-0.05, 0) is 68.9 Å². The number of carboxylic acids is 1. The molecule has 0 saturated carbocycles. The van der Waals surface area contributed by atoms with E-state index in [1.54, 1.807) is 36.4 Å². The largest absolute Gasteiger partial charge is 0.492 e. The summed E-state index contributed by atoms with van der Waals surface area (Å²) in [5.41, 5.74) is 0.707. The molecule has 1 atom stereocenters. The molecule has 1 fully saturated rings. The van der Waals surface area contributed by atoms with Crippen LogP contribution in [0.3, 0.4) is 0 Å². The van der Waals surface area contributed by atoms with Crippen LogP contribution >= 0.6 is 15.9 Å². The molecule has 3 rings (SSSR count). The fourth-order valence-corrected chi connectivity index (χ4v) is 3.44. The topological polar surface area (TPSA) is 78.9 Å². The standard InChI is InChI=1S/C20H21BrN2O4/c1-23-10-2-3-15(23)12-27-16-7-4-13(5-8-16)19(24)22-18-9-6-14(21)11-17(18)20(25)26/h4-9,11,15H,2-3,10,12H2,1H3,(H,22,24)(H,25,26). The number of amides is 1. The molecule has 0 aromatic heterocycles. The second-order valence-electron chi connectivity index (χ2n) is 6.56. The van der Waals surface area contributed by atoms with Crippen molar-refractivity contribution in [1.82, 2.24) is 4.90 Å². The number of carboxylic acid groups (broad SMARTS) is 1. The highest BCUT2D eigenvalue weighted by atomic mass is 79.9. The number of nitrogens with one attached hydrogen (secondary N) is 1. The summed E-state index contributed by atoms with van der Waals surface area (Å²) < 4.78 is 6.45. The summed E-state index contributed by atoms with van der Waals surface area (Å²) in [6.45, 7) is 1.73. The number of rotatable bonds is 6. The van der Waals surface area contributed by atoms with Crippen molar-refractivity contribution in [3.05, 3.63) is 58.1 Å². The van der Waals surface area contributed by atoms with E-state index in [2.05, 4.69) is 33.2 Å². The zero-order valence-electron chi connectivity index (χ0n) is 14.9. The number of benzene rings is 2. The van der Waals surface area contributed by atoms with Crippen LogP contribution in [-0.2, 0) is 0 Å². The highest BCUT2D eigenvalue weighted by molar-refractivity contribution is 9.10. The maximum absolute atomic E-state index is 12.4. The normalized spacial score (nSPS) is 16.9. The van der Waals surface area contributed by atoms with Crippen molar-refractivity contribution in [3.8, 4) is 5.75 Å². The Morgan fingerprint density at radius 3 is 2.63 bits per heavy atom. The first kappa shape index (κ1) is 19.4. The van der Waals surface area contributed by atoms with Crippen LogP contribution in [0.15, 0.2) is 46.9 Å². The Labute approximate surface area is 166 Å². The highest BCUT2D eigenvalue weighted by Crippen LogP contribution is 2.23. The summed E-state index contributed by atoms with van der Waals surface area (Å²) in [4.78, 5) is 26.1. The molecule has 0 bridgehead atoms. The lowest BCUT2D eigenvalue weighted by atomic mass is 10.1. The van der Waals surface area contributed by atoms with Crippen molar-refractivity contribution in [1.29, 1.82) is 0 Å². The first-order chi connectivity index (χ1) is 12.9. The molecule has 7 heteroatoms. The van der Waals surface area contributed by atoms with Gasteiger partial charge in [-0.2, -0.15) is 0 Å². The molecule has 0 radical (unpaired) electrons. The van der Waals surface area contributed by atoms with Crippen molar-refractivity contribution >= 4 is 33.5 Å². The summed E-state index contributed by atoms with van der Waals surface area (Å²) in [7, 11) is 2.10. The minimum absolute atomic E-state index is 0.0263. The van der Waals surface area contributed by atoms with Gasteiger partial charge in [0.2, 0.25) is 0 Å². The van der Waals surface area contributed by atoms with Crippen LogP contribution < -0.4 is 10.1 Å². The second-order valence-corrected chi connectivity index (χ2v) is 7.48. The fourth-order valence-electron chi connectivity index (χ4n) is 3.08. The Hall–Kier alpha value is -2.38.